The van der Waals surface area contributed by atoms with E-state index < -0.39 is 0 Å². The number of nitrogens with zero attached hydrogens (tertiary/aromatic N) is 3. The summed E-state index contributed by atoms with van der Waals surface area (Å²) in [5.74, 6) is 0. The summed E-state index contributed by atoms with van der Waals surface area (Å²) >= 11 is 0. The maximum absolute atomic E-state index is 9.51. The van der Waals surface area contributed by atoms with Gasteiger partial charge in [0.25, 0.3) is 0 Å². The Morgan fingerprint density at radius 3 is 1.57 bits per heavy atom. The summed E-state index contributed by atoms with van der Waals surface area (Å²) in [6.45, 7) is 0. The quantitative estimate of drug-likeness (QED) is 0.203. The fourth-order valence-corrected chi connectivity index (χ4v) is 7.41. The summed E-state index contributed by atoms with van der Waals surface area (Å²) in [5.41, 5.74) is 11.5. The Kier molecular flexibility index (Phi) is 5.32. The van der Waals surface area contributed by atoms with E-state index in [1.54, 1.807) is 6.07 Å². The molecule has 0 fully saturated rings. The van der Waals surface area contributed by atoms with Crippen molar-refractivity contribution in [2.45, 2.75) is 0 Å². The molecule has 3 aromatic heterocycles. The van der Waals surface area contributed by atoms with Gasteiger partial charge in [-0.15, -0.1) is 0 Å². The summed E-state index contributed by atoms with van der Waals surface area (Å²) in [6.07, 6.45) is 0. The SMILES string of the molecule is N#Cc1ccc2oc3ccc(-n4c5ccccc5c5cc(-c6ccc7c(c6)c6ccccc6n7-c6ccccc6)ccc54)cc3c2c1. The van der Waals surface area contributed by atoms with Crippen LogP contribution in [0.25, 0.3) is 88.1 Å². The topological polar surface area (TPSA) is 46.8 Å². The summed E-state index contributed by atoms with van der Waals surface area (Å²) in [6, 6.07) is 55.7. The number of nitriles is 1. The number of furan rings is 1. The van der Waals surface area contributed by atoms with Gasteiger partial charge >= 0.3 is 0 Å². The number of hydrogen-bond acceptors (Lipinski definition) is 2. The smallest absolute Gasteiger partial charge is 0.135 e. The number of benzene rings is 7. The van der Waals surface area contributed by atoms with Crippen molar-refractivity contribution in [2.75, 3.05) is 0 Å². The van der Waals surface area contributed by atoms with Crippen molar-refractivity contribution in [3.8, 4) is 28.6 Å². The minimum atomic E-state index is 0.623. The van der Waals surface area contributed by atoms with Gasteiger partial charge in [-0.25, -0.2) is 0 Å². The first-order valence-corrected chi connectivity index (χ1v) is 15.7. The van der Waals surface area contributed by atoms with Crippen LogP contribution in [0.1, 0.15) is 5.56 Å². The highest BCUT2D eigenvalue weighted by Crippen LogP contribution is 2.39. The molecule has 10 aromatic rings. The lowest BCUT2D eigenvalue weighted by molar-refractivity contribution is 0.669. The third-order valence-corrected chi connectivity index (χ3v) is 9.53. The summed E-state index contributed by atoms with van der Waals surface area (Å²) in [7, 11) is 0. The van der Waals surface area contributed by atoms with Gasteiger partial charge in [0.05, 0.1) is 33.7 Å². The van der Waals surface area contributed by atoms with Crippen LogP contribution in [-0.4, -0.2) is 9.13 Å². The molecule has 0 aliphatic rings. The van der Waals surface area contributed by atoms with Crippen LogP contribution in [0.15, 0.2) is 156 Å². The Bertz CT molecular complexity index is 2910. The Hall–Kier alpha value is -6.57. The van der Waals surface area contributed by atoms with Gasteiger partial charge in [0.15, 0.2) is 0 Å². The van der Waals surface area contributed by atoms with Crippen molar-refractivity contribution in [1.29, 1.82) is 5.26 Å². The minimum absolute atomic E-state index is 0.623. The van der Waals surface area contributed by atoms with Crippen molar-refractivity contribution >= 4 is 65.6 Å². The highest BCUT2D eigenvalue weighted by Gasteiger charge is 2.17. The van der Waals surface area contributed by atoms with E-state index in [0.717, 1.165) is 44.3 Å². The van der Waals surface area contributed by atoms with Crippen LogP contribution in [0, 0.1) is 11.3 Å². The van der Waals surface area contributed by atoms with E-state index in [4.69, 9.17) is 4.42 Å². The molecule has 3 heterocycles. The van der Waals surface area contributed by atoms with Crippen molar-refractivity contribution in [2.24, 2.45) is 0 Å². The molecule has 0 radical (unpaired) electrons. The first kappa shape index (κ1) is 25.7. The Morgan fingerprint density at radius 2 is 0.936 bits per heavy atom. The largest absolute Gasteiger partial charge is 0.456 e. The fourth-order valence-electron chi connectivity index (χ4n) is 7.41. The lowest BCUT2D eigenvalue weighted by Gasteiger charge is -2.09. The average Bonchev–Trinajstić information content (AvgIpc) is 3.78. The van der Waals surface area contributed by atoms with Crippen molar-refractivity contribution < 1.29 is 4.42 Å². The summed E-state index contributed by atoms with van der Waals surface area (Å²) in [4.78, 5) is 0. The second kappa shape index (κ2) is 9.71. The zero-order valence-corrected chi connectivity index (χ0v) is 25.2. The van der Waals surface area contributed by atoms with Gasteiger partial charge in [-0.1, -0.05) is 66.7 Å². The zero-order valence-electron chi connectivity index (χ0n) is 25.2. The van der Waals surface area contributed by atoms with Gasteiger partial charge in [-0.3, -0.25) is 0 Å². The molecule has 218 valence electrons. The van der Waals surface area contributed by atoms with Crippen molar-refractivity contribution in [3.63, 3.8) is 0 Å². The minimum Gasteiger partial charge on any atom is -0.456 e. The van der Waals surface area contributed by atoms with Crippen molar-refractivity contribution in [1.82, 2.24) is 9.13 Å². The predicted molar refractivity (Wildman–Crippen MR) is 193 cm³/mol. The van der Waals surface area contributed by atoms with Gasteiger partial charge in [-0.05, 0) is 96.1 Å². The fraction of sp³-hybridized carbons (Fsp3) is 0. The zero-order chi connectivity index (χ0) is 31.1. The number of para-hydroxylation sites is 3. The molecule has 0 saturated carbocycles. The van der Waals surface area contributed by atoms with E-state index in [1.807, 2.05) is 18.2 Å². The molecule has 0 amide bonds. The lowest BCUT2D eigenvalue weighted by Crippen LogP contribution is -1.93. The molecular formula is C43H25N3O. The van der Waals surface area contributed by atoms with Crippen LogP contribution in [0.2, 0.25) is 0 Å². The van der Waals surface area contributed by atoms with Crippen LogP contribution in [0.3, 0.4) is 0 Å². The van der Waals surface area contributed by atoms with E-state index >= 15 is 0 Å². The first-order valence-electron chi connectivity index (χ1n) is 15.7. The van der Waals surface area contributed by atoms with Crippen LogP contribution < -0.4 is 0 Å². The molecule has 0 aliphatic carbocycles. The number of hydrogen-bond donors (Lipinski definition) is 0. The molecule has 0 N–H and O–H groups in total. The molecule has 4 heteroatoms. The molecule has 0 spiro atoms. The van der Waals surface area contributed by atoms with Crippen LogP contribution in [0.4, 0.5) is 0 Å². The molecule has 47 heavy (non-hydrogen) atoms. The number of rotatable bonds is 3. The van der Waals surface area contributed by atoms with Gasteiger partial charge in [0.2, 0.25) is 0 Å². The van der Waals surface area contributed by atoms with Crippen LogP contribution >= 0.6 is 0 Å². The highest BCUT2D eigenvalue weighted by molar-refractivity contribution is 6.13. The van der Waals surface area contributed by atoms with Gasteiger partial charge < -0.3 is 13.6 Å². The Balaban J connectivity index is 1.17. The van der Waals surface area contributed by atoms with Crippen LogP contribution in [-0.2, 0) is 0 Å². The normalized spacial score (nSPS) is 11.8. The second-order valence-electron chi connectivity index (χ2n) is 12.1. The molecule has 0 saturated heterocycles. The highest BCUT2D eigenvalue weighted by atomic mass is 16.3. The summed E-state index contributed by atoms with van der Waals surface area (Å²) in [5, 5.41) is 16.4. The average molecular weight is 600 g/mol. The third kappa shape index (κ3) is 3.75. The molecule has 4 nitrogen and oxygen atoms in total. The molecule has 0 aliphatic heterocycles. The Morgan fingerprint density at radius 1 is 0.404 bits per heavy atom. The van der Waals surface area contributed by atoms with E-state index in [0.29, 0.717) is 5.56 Å². The van der Waals surface area contributed by atoms with Gasteiger partial charge in [0.1, 0.15) is 11.2 Å². The molecule has 7 aromatic carbocycles. The van der Waals surface area contributed by atoms with E-state index in [2.05, 4.69) is 143 Å². The summed E-state index contributed by atoms with van der Waals surface area (Å²) < 4.78 is 10.8. The van der Waals surface area contributed by atoms with Gasteiger partial charge in [-0.2, -0.15) is 5.26 Å². The second-order valence-corrected chi connectivity index (χ2v) is 12.1. The predicted octanol–water partition coefficient (Wildman–Crippen LogP) is 11.3. The maximum atomic E-state index is 9.51. The Labute approximate surface area is 269 Å². The number of fused-ring (bicyclic) bond motifs is 9. The lowest BCUT2D eigenvalue weighted by atomic mass is 10.0. The van der Waals surface area contributed by atoms with E-state index in [9.17, 15) is 5.26 Å². The molecule has 0 atom stereocenters. The molecular weight excluding hydrogens is 574 g/mol. The molecule has 0 unspecified atom stereocenters. The molecule has 0 bridgehead atoms. The third-order valence-electron chi connectivity index (χ3n) is 9.53. The standard InChI is InChI=1S/C43H25N3O/c44-26-27-14-20-42-36(22-27)37-25-31(17-21-43(37)47-42)46-39-13-7-5-11-33(39)35-24-29(16-19-41(35)46)28-15-18-40-34(23-28)32-10-4-6-12-38(32)45(40)30-8-2-1-3-9-30/h1-25H. The van der Waals surface area contributed by atoms with E-state index in [-0.39, 0.29) is 0 Å². The first-order chi connectivity index (χ1) is 23.2. The monoisotopic (exact) mass is 599 g/mol. The van der Waals surface area contributed by atoms with Crippen LogP contribution in [0.5, 0.6) is 0 Å². The maximum Gasteiger partial charge on any atom is 0.135 e. The number of aromatic nitrogens is 2. The van der Waals surface area contributed by atoms with E-state index in [1.165, 1.54) is 43.7 Å². The van der Waals surface area contributed by atoms with Crippen molar-refractivity contribution in [3.05, 3.63) is 157 Å². The van der Waals surface area contributed by atoms with Gasteiger partial charge in [0, 0.05) is 43.7 Å². The molecule has 10 rings (SSSR count).